The summed E-state index contributed by atoms with van der Waals surface area (Å²) in [6.45, 7) is 4.60. The number of ether oxygens (including phenoxy) is 1. The normalized spacial score (nSPS) is 18.1. The fourth-order valence-electron chi connectivity index (χ4n) is 2.63. The molecule has 1 aliphatic rings. The summed E-state index contributed by atoms with van der Waals surface area (Å²) in [6.07, 6.45) is 3.65. The number of rotatable bonds is 5. The topological polar surface area (TPSA) is 81.9 Å². The van der Waals surface area contributed by atoms with E-state index in [2.05, 4.69) is 20.4 Å². The van der Waals surface area contributed by atoms with E-state index in [1.165, 1.54) is 0 Å². The summed E-state index contributed by atoms with van der Waals surface area (Å²) in [6, 6.07) is 5.24. The van der Waals surface area contributed by atoms with Crippen molar-refractivity contribution in [2.24, 2.45) is 0 Å². The van der Waals surface area contributed by atoms with Crippen LogP contribution in [0.2, 0.25) is 0 Å². The minimum Gasteiger partial charge on any atom is -0.465 e. The molecule has 0 aliphatic carbocycles. The van der Waals surface area contributed by atoms with Crippen LogP contribution in [-0.4, -0.2) is 31.8 Å². The molecule has 0 aromatic carbocycles. The number of fused-ring (bicyclic) bond motifs is 1. The van der Waals surface area contributed by atoms with Crippen LogP contribution < -0.4 is 10.1 Å². The Morgan fingerprint density at radius 2 is 2.39 bits per heavy atom. The molecule has 3 heterocycles. The molecule has 0 bridgehead atoms. The van der Waals surface area contributed by atoms with Crippen molar-refractivity contribution in [3.63, 3.8) is 0 Å². The number of hydrogen-bond donors (Lipinski definition) is 1. The molecular formula is C16H21N5O2. The summed E-state index contributed by atoms with van der Waals surface area (Å²) in [7, 11) is 0. The average molecular weight is 315 g/mol. The molecule has 0 saturated carbocycles. The van der Waals surface area contributed by atoms with Gasteiger partial charge in [0.15, 0.2) is 11.9 Å². The molecule has 1 amide bonds. The van der Waals surface area contributed by atoms with Gasteiger partial charge in [0.2, 0.25) is 5.88 Å². The predicted molar refractivity (Wildman–Crippen MR) is 83.8 cm³/mol. The number of hydrogen-bond acceptors (Lipinski definition) is 5. The summed E-state index contributed by atoms with van der Waals surface area (Å²) >= 11 is 0. The lowest BCUT2D eigenvalue weighted by atomic mass is 10.1. The molecule has 23 heavy (non-hydrogen) atoms. The van der Waals surface area contributed by atoms with Crippen LogP contribution in [0.15, 0.2) is 24.4 Å². The van der Waals surface area contributed by atoms with Crippen molar-refractivity contribution < 1.29 is 9.53 Å². The molecule has 1 aliphatic heterocycles. The standard InChI is InChI=1S/C16H21N5O2/c1-3-13-19-15-12(7-6-10-21(15)20-13)18-16(22)11(2)23-14-8-4-5-9-17-14/h4-5,8-9,11-12H,3,6-7,10H2,1-2H3,(H,18,22)/t11-,12+/m0/s1. The lowest BCUT2D eigenvalue weighted by Gasteiger charge is -2.24. The Hall–Kier alpha value is -2.44. The second kappa shape index (κ2) is 6.76. The van der Waals surface area contributed by atoms with Gasteiger partial charge < -0.3 is 10.1 Å². The first-order chi connectivity index (χ1) is 11.2. The van der Waals surface area contributed by atoms with Gasteiger partial charge in [-0.3, -0.25) is 4.79 Å². The molecular weight excluding hydrogens is 294 g/mol. The Kier molecular flexibility index (Phi) is 4.55. The second-order valence-corrected chi connectivity index (χ2v) is 5.59. The molecule has 2 aromatic rings. The van der Waals surface area contributed by atoms with Crippen molar-refractivity contribution in [1.82, 2.24) is 25.1 Å². The Bertz CT molecular complexity index is 670. The second-order valence-electron chi connectivity index (χ2n) is 5.59. The van der Waals surface area contributed by atoms with Crippen molar-refractivity contribution in [2.45, 2.75) is 51.8 Å². The van der Waals surface area contributed by atoms with Crippen LogP contribution in [0.25, 0.3) is 0 Å². The van der Waals surface area contributed by atoms with Gasteiger partial charge in [0.1, 0.15) is 5.82 Å². The highest BCUT2D eigenvalue weighted by Crippen LogP contribution is 2.23. The van der Waals surface area contributed by atoms with Gasteiger partial charge in [0.05, 0.1) is 6.04 Å². The van der Waals surface area contributed by atoms with E-state index in [-0.39, 0.29) is 11.9 Å². The zero-order valence-electron chi connectivity index (χ0n) is 13.4. The highest BCUT2D eigenvalue weighted by Gasteiger charge is 2.27. The summed E-state index contributed by atoms with van der Waals surface area (Å²) in [5, 5.41) is 7.47. The zero-order valence-corrected chi connectivity index (χ0v) is 13.4. The molecule has 0 unspecified atom stereocenters. The first-order valence-corrected chi connectivity index (χ1v) is 7.99. The number of nitrogens with zero attached hydrogens (tertiary/aromatic N) is 4. The Labute approximate surface area is 135 Å². The van der Waals surface area contributed by atoms with E-state index >= 15 is 0 Å². The third-order valence-corrected chi connectivity index (χ3v) is 3.86. The lowest BCUT2D eigenvalue weighted by molar-refractivity contribution is -0.128. The lowest BCUT2D eigenvalue weighted by Crippen LogP contribution is -2.40. The summed E-state index contributed by atoms with van der Waals surface area (Å²) in [5.74, 6) is 1.93. The van der Waals surface area contributed by atoms with Crippen molar-refractivity contribution in [1.29, 1.82) is 0 Å². The molecule has 0 spiro atoms. The molecule has 0 fully saturated rings. The maximum atomic E-state index is 12.4. The largest absolute Gasteiger partial charge is 0.465 e. The summed E-state index contributed by atoms with van der Waals surface area (Å²) < 4.78 is 7.47. The van der Waals surface area contributed by atoms with E-state index in [0.29, 0.717) is 5.88 Å². The fraction of sp³-hybridized carbons (Fsp3) is 0.500. The summed E-state index contributed by atoms with van der Waals surface area (Å²) in [5.41, 5.74) is 0. The number of pyridine rings is 1. The fourth-order valence-corrected chi connectivity index (χ4v) is 2.63. The van der Waals surface area contributed by atoms with Crippen molar-refractivity contribution >= 4 is 5.91 Å². The maximum absolute atomic E-state index is 12.4. The first-order valence-electron chi connectivity index (χ1n) is 7.99. The molecule has 7 heteroatoms. The van der Waals surface area contributed by atoms with E-state index in [1.807, 2.05) is 17.7 Å². The molecule has 7 nitrogen and oxygen atoms in total. The number of carbonyl (C=O) groups is 1. The number of aromatic nitrogens is 4. The van der Waals surface area contributed by atoms with Gasteiger partial charge in [-0.05, 0) is 25.8 Å². The van der Waals surface area contributed by atoms with Gasteiger partial charge in [0, 0.05) is 25.2 Å². The van der Waals surface area contributed by atoms with Crippen molar-refractivity contribution in [3.8, 4) is 5.88 Å². The zero-order chi connectivity index (χ0) is 16.2. The van der Waals surface area contributed by atoms with Crippen LogP contribution in [0.4, 0.5) is 0 Å². The first kappa shape index (κ1) is 15.5. The van der Waals surface area contributed by atoms with Crippen LogP contribution in [0, 0.1) is 0 Å². The van der Waals surface area contributed by atoms with Crippen molar-refractivity contribution in [2.75, 3.05) is 0 Å². The Balaban J connectivity index is 1.65. The highest BCUT2D eigenvalue weighted by atomic mass is 16.5. The van der Waals surface area contributed by atoms with E-state index in [0.717, 1.165) is 37.5 Å². The number of aryl methyl sites for hydroxylation is 2. The molecule has 0 saturated heterocycles. The van der Waals surface area contributed by atoms with Gasteiger partial charge in [-0.25, -0.2) is 14.6 Å². The molecule has 2 atom stereocenters. The van der Waals surface area contributed by atoms with Gasteiger partial charge in [0.25, 0.3) is 5.91 Å². The van der Waals surface area contributed by atoms with Crippen LogP contribution >= 0.6 is 0 Å². The Morgan fingerprint density at radius 3 is 3.13 bits per heavy atom. The van der Waals surface area contributed by atoms with E-state index in [4.69, 9.17) is 4.74 Å². The van der Waals surface area contributed by atoms with E-state index < -0.39 is 6.10 Å². The van der Waals surface area contributed by atoms with Crippen LogP contribution in [0.5, 0.6) is 5.88 Å². The number of carbonyl (C=O) groups excluding carboxylic acids is 1. The van der Waals surface area contributed by atoms with Crippen LogP contribution in [0.1, 0.15) is 44.4 Å². The highest BCUT2D eigenvalue weighted by molar-refractivity contribution is 5.81. The Morgan fingerprint density at radius 1 is 1.52 bits per heavy atom. The molecule has 2 aromatic heterocycles. The van der Waals surface area contributed by atoms with Crippen LogP contribution in [-0.2, 0) is 17.8 Å². The van der Waals surface area contributed by atoms with Gasteiger partial charge >= 0.3 is 0 Å². The molecule has 1 N–H and O–H groups in total. The minimum atomic E-state index is -0.617. The third kappa shape index (κ3) is 3.49. The van der Waals surface area contributed by atoms with Gasteiger partial charge in [-0.2, -0.15) is 5.10 Å². The maximum Gasteiger partial charge on any atom is 0.261 e. The van der Waals surface area contributed by atoms with Gasteiger partial charge in [-0.1, -0.05) is 13.0 Å². The van der Waals surface area contributed by atoms with Gasteiger partial charge in [-0.15, -0.1) is 0 Å². The van der Waals surface area contributed by atoms with Crippen LogP contribution in [0.3, 0.4) is 0 Å². The SMILES string of the molecule is CCc1nc2n(n1)CCC[C@H]2NC(=O)[C@H](C)Oc1ccccn1. The molecule has 122 valence electrons. The predicted octanol–water partition coefficient (Wildman–Crippen LogP) is 1.65. The number of nitrogens with one attached hydrogen (secondary N) is 1. The minimum absolute atomic E-state index is 0.112. The average Bonchev–Trinajstić information content (AvgIpc) is 3.00. The summed E-state index contributed by atoms with van der Waals surface area (Å²) in [4.78, 5) is 21.0. The monoisotopic (exact) mass is 315 g/mol. The third-order valence-electron chi connectivity index (χ3n) is 3.86. The molecule has 0 radical (unpaired) electrons. The smallest absolute Gasteiger partial charge is 0.261 e. The van der Waals surface area contributed by atoms with E-state index in [1.54, 1.807) is 25.3 Å². The molecule has 3 rings (SSSR count). The quantitative estimate of drug-likeness (QED) is 0.907. The number of amides is 1. The van der Waals surface area contributed by atoms with E-state index in [9.17, 15) is 4.79 Å². The van der Waals surface area contributed by atoms with Crippen molar-refractivity contribution in [3.05, 3.63) is 36.0 Å².